The van der Waals surface area contributed by atoms with Gasteiger partial charge in [0.1, 0.15) is 0 Å². The van der Waals surface area contributed by atoms with Crippen LogP contribution in [0.15, 0.2) is 0 Å². The summed E-state index contributed by atoms with van der Waals surface area (Å²) < 4.78 is 11.1. The normalized spacial score (nSPS) is 28.9. The van der Waals surface area contributed by atoms with Gasteiger partial charge in [-0.1, -0.05) is 0 Å². The van der Waals surface area contributed by atoms with E-state index in [-0.39, 0.29) is 0 Å². The van der Waals surface area contributed by atoms with Crippen molar-refractivity contribution in [1.82, 2.24) is 10.6 Å². The van der Waals surface area contributed by atoms with Crippen molar-refractivity contribution in [3.63, 3.8) is 0 Å². The molecule has 2 rings (SSSR count). The van der Waals surface area contributed by atoms with Crippen molar-refractivity contribution >= 4 is 0 Å². The molecule has 100 valence electrons. The van der Waals surface area contributed by atoms with E-state index in [1.807, 2.05) is 0 Å². The van der Waals surface area contributed by atoms with Gasteiger partial charge in [-0.05, 0) is 45.2 Å². The first-order chi connectivity index (χ1) is 8.45. The van der Waals surface area contributed by atoms with Crippen molar-refractivity contribution in [3.05, 3.63) is 0 Å². The minimum atomic E-state index is 0.366. The second-order valence-corrected chi connectivity index (χ2v) is 5.06. The van der Waals surface area contributed by atoms with Gasteiger partial charge in [-0.15, -0.1) is 0 Å². The Kier molecular flexibility index (Phi) is 6.27. The fourth-order valence-corrected chi connectivity index (χ4v) is 2.50. The van der Waals surface area contributed by atoms with Gasteiger partial charge in [0.15, 0.2) is 0 Å². The van der Waals surface area contributed by atoms with E-state index >= 15 is 0 Å². The lowest BCUT2D eigenvalue weighted by molar-refractivity contribution is 0.0166. The largest absolute Gasteiger partial charge is 0.379 e. The molecule has 2 aliphatic heterocycles. The average Bonchev–Trinajstić information content (AvgIpc) is 3.00. The molecule has 4 nitrogen and oxygen atoms in total. The maximum atomic E-state index is 5.61. The molecule has 0 aromatic heterocycles. The molecular formula is C13H26N2O2. The van der Waals surface area contributed by atoms with Crippen molar-refractivity contribution in [1.29, 1.82) is 0 Å². The molecule has 17 heavy (non-hydrogen) atoms. The quantitative estimate of drug-likeness (QED) is 0.621. The number of rotatable bonds is 8. The standard InChI is InChI=1S/C13H26N2O2/c1-4-12(15-7-1)10-14-6-3-8-16-11-13-5-2-9-17-13/h12-15H,1-11H2. The zero-order valence-corrected chi connectivity index (χ0v) is 10.7. The fraction of sp³-hybridized carbons (Fsp3) is 1.00. The topological polar surface area (TPSA) is 42.5 Å². The highest BCUT2D eigenvalue weighted by Gasteiger charge is 2.15. The molecule has 0 aromatic rings. The molecule has 0 radical (unpaired) electrons. The Balaban J connectivity index is 1.33. The predicted octanol–water partition coefficient (Wildman–Crippen LogP) is 0.914. The molecule has 0 aromatic carbocycles. The number of nitrogens with one attached hydrogen (secondary N) is 2. The SMILES string of the molecule is C(CNCC1CCCN1)COCC1CCCO1. The summed E-state index contributed by atoms with van der Waals surface area (Å²) >= 11 is 0. The van der Waals surface area contributed by atoms with E-state index in [1.165, 1.54) is 32.2 Å². The Morgan fingerprint density at radius 3 is 3.06 bits per heavy atom. The van der Waals surface area contributed by atoms with E-state index in [0.717, 1.165) is 39.3 Å². The molecule has 2 heterocycles. The van der Waals surface area contributed by atoms with E-state index in [9.17, 15) is 0 Å². The van der Waals surface area contributed by atoms with Crippen LogP contribution in [-0.4, -0.2) is 51.6 Å². The van der Waals surface area contributed by atoms with Gasteiger partial charge in [-0.25, -0.2) is 0 Å². The molecular weight excluding hydrogens is 216 g/mol. The molecule has 2 aliphatic rings. The van der Waals surface area contributed by atoms with Crippen LogP contribution in [-0.2, 0) is 9.47 Å². The molecule has 2 atom stereocenters. The second kappa shape index (κ2) is 8.03. The van der Waals surface area contributed by atoms with Gasteiger partial charge in [0.05, 0.1) is 12.7 Å². The molecule has 0 saturated carbocycles. The Morgan fingerprint density at radius 2 is 2.29 bits per heavy atom. The van der Waals surface area contributed by atoms with Gasteiger partial charge in [-0.2, -0.15) is 0 Å². The Hall–Kier alpha value is -0.160. The zero-order chi connectivity index (χ0) is 11.8. The van der Waals surface area contributed by atoms with Gasteiger partial charge in [0.25, 0.3) is 0 Å². The van der Waals surface area contributed by atoms with E-state index < -0.39 is 0 Å². The lowest BCUT2D eigenvalue weighted by Crippen LogP contribution is -2.34. The summed E-state index contributed by atoms with van der Waals surface area (Å²) in [6.07, 6.45) is 6.49. The van der Waals surface area contributed by atoms with Crippen molar-refractivity contribution in [2.24, 2.45) is 0 Å². The molecule has 0 spiro atoms. The molecule has 2 saturated heterocycles. The summed E-state index contributed by atoms with van der Waals surface area (Å²) in [5, 5.41) is 6.97. The van der Waals surface area contributed by atoms with Gasteiger partial charge >= 0.3 is 0 Å². The molecule has 2 fully saturated rings. The molecule has 2 N–H and O–H groups in total. The van der Waals surface area contributed by atoms with Crippen molar-refractivity contribution in [3.8, 4) is 0 Å². The number of hydrogen-bond acceptors (Lipinski definition) is 4. The third-order valence-corrected chi connectivity index (χ3v) is 3.52. The summed E-state index contributed by atoms with van der Waals surface area (Å²) in [5.74, 6) is 0. The van der Waals surface area contributed by atoms with Crippen LogP contribution in [0, 0.1) is 0 Å². The lowest BCUT2D eigenvalue weighted by Gasteiger charge is -2.12. The summed E-state index contributed by atoms with van der Waals surface area (Å²) in [4.78, 5) is 0. The van der Waals surface area contributed by atoms with E-state index in [4.69, 9.17) is 9.47 Å². The smallest absolute Gasteiger partial charge is 0.0809 e. The average molecular weight is 242 g/mol. The van der Waals surface area contributed by atoms with Crippen molar-refractivity contribution < 1.29 is 9.47 Å². The van der Waals surface area contributed by atoms with Gasteiger partial charge in [0.2, 0.25) is 0 Å². The molecule has 2 unspecified atom stereocenters. The highest BCUT2D eigenvalue weighted by Crippen LogP contribution is 2.11. The summed E-state index contributed by atoms with van der Waals surface area (Å²) in [7, 11) is 0. The first-order valence-electron chi connectivity index (χ1n) is 7.08. The van der Waals surface area contributed by atoms with Crippen LogP contribution in [0.4, 0.5) is 0 Å². The van der Waals surface area contributed by atoms with Crippen LogP contribution in [0.3, 0.4) is 0 Å². The minimum absolute atomic E-state index is 0.366. The van der Waals surface area contributed by atoms with E-state index in [1.54, 1.807) is 0 Å². The zero-order valence-electron chi connectivity index (χ0n) is 10.7. The first-order valence-corrected chi connectivity index (χ1v) is 7.08. The second-order valence-electron chi connectivity index (χ2n) is 5.06. The molecule has 0 aliphatic carbocycles. The lowest BCUT2D eigenvalue weighted by atomic mass is 10.2. The van der Waals surface area contributed by atoms with Gasteiger partial charge in [0, 0.05) is 25.8 Å². The first kappa shape index (κ1) is 13.3. The van der Waals surface area contributed by atoms with Crippen LogP contribution in [0.5, 0.6) is 0 Å². The minimum Gasteiger partial charge on any atom is -0.379 e. The maximum Gasteiger partial charge on any atom is 0.0809 e. The Labute approximate surface area is 104 Å². The summed E-state index contributed by atoms with van der Waals surface area (Å²) in [5.41, 5.74) is 0. The van der Waals surface area contributed by atoms with Crippen LogP contribution < -0.4 is 10.6 Å². The van der Waals surface area contributed by atoms with Gasteiger partial charge < -0.3 is 20.1 Å². The Bertz CT molecular complexity index is 170. The monoisotopic (exact) mass is 242 g/mol. The third kappa shape index (κ3) is 5.34. The highest BCUT2D eigenvalue weighted by atomic mass is 16.5. The highest BCUT2D eigenvalue weighted by molar-refractivity contribution is 4.75. The Morgan fingerprint density at radius 1 is 1.29 bits per heavy atom. The molecule has 0 bridgehead atoms. The maximum absolute atomic E-state index is 5.61. The summed E-state index contributed by atoms with van der Waals surface area (Å²) in [6.45, 7) is 5.91. The predicted molar refractivity (Wildman–Crippen MR) is 68.3 cm³/mol. The third-order valence-electron chi connectivity index (χ3n) is 3.52. The van der Waals surface area contributed by atoms with Crippen LogP contribution in [0.2, 0.25) is 0 Å². The number of ether oxygens (including phenoxy) is 2. The van der Waals surface area contributed by atoms with E-state index in [0.29, 0.717) is 12.1 Å². The van der Waals surface area contributed by atoms with Crippen molar-refractivity contribution in [2.75, 3.05) is 39.5 Å². The fourth-order valence-electron chi connectivity index (χ4n) is 2.50. The summed E-state index contributed by atoms with van der Waals surface area (Å²) in [6, 6.07) is 0.697. The van der Waals surface area contributed by atoms with Gasteiger partial charge in [-0.3, -0.25) is 0 Å². The van der Waals surface area contributed by atoms with E-state index in [2.05, 4.69) is 10.6 Å². The number of hydrogen-bond donors (Lipinski definition) is 2. The molecule has 0 amide bonds. The molecule has 4 heteroatoms. The van der Waals surface area contributed by atoms with Crippen molar-refractivity contribution in [2.45, 2.75) is 44.2 Å². The van der Waals surface area contributed by atoms with Crippen LogP contribution in [0.1, 0.15) is 32.1 Å². The van der Waals surface area contributed by atoms with Crippen LogP contribution >= 0.6 is 0 Å². The van der Waals surface area contributed by atoms with Crippen LogP contribution in [0.25, 0.3) is 0 Å².